The Morgan fingerprint density at radius 1 is 1.00 bits per heavy atom. The van der Waals surface area contributed by atoms with Gasteiger partial charge in [-0.25, -0.2) is 0 Å². The molecule has 4 N–H and O–H groups in total. The molecule has 0 saturated heterocycles. The molecule has 0 aliphatic rings. The second-order valence-corrected chi connectivity index (χ2v) is 6.14. The van der Waals surface area contributed by atoms with Crippen molar-refractivity contribution in [2.24, 2.45) is 12.8 Å². The number of nitrogens with zero attached hydrogens (tertiary/aromatic N) is 2. The van der Waals surface area contributed by atoms with Gasteiger partial charge in [0.05, 0.1) is 6.42 Å². The van der Waals surface area contributed by atoms with E-state index in [1.807, 2.05) is 30.3 Å². The molecule has 1 aromatic heterocycles. The maximum atomic E-state index is 12.4. The van der Waals surface area contributed by atoms with Crippen LogP contribution >= 0.6 is 0 Å². The molecule has 2 aromatic carbocycles. The average molecular weight is 377 g/mol. The van der Waals surface area contributed by atoms with Gasteiger partial charge >= 0.3 is 0 Å². The summed E-state index contributed by atoms with van der Waals surface area (Å²) in [6, 6.07) is 17.0. The van der Waals surface area contributed by atoms with Gasteiger partial charge in [0, 0.05) is 24.4 Å². The zero-order valence-corrected chi connectivity index (χ0v) is 15.2. The van der Waals surface area contributed by atoms with Gasteiger partial charge in [0.25, 0.3) is 5.91 Å². The third kappa shape index (κ3) is 4.61. The van der Waals surface area contributed by atoms with Gasteiger partial charge in [-0.15, -0.1) is 0 Å². The van der Waals surface area contributed by atoms with Gasteiger partial charge in [-0.1, -0.05) is 30.3 Å². The number of primary amides is 1. The van der Waals surface area contributed by atoms with Gasteiger partial charge in [-0.2, -0.15) is 5.10 Å². The summed E-state index contributed by atoms with van der Waals surface area (Å²) >= 11 is 0. The lowest BCUT2D eigenvalue weighted by molar-refractivity contribution is -0.115. The molecule has 8 nitrogen and oxygen atoms in total. The van der Waals surface area contributed by atoms with Crippen LogP contribution in [-0.4, -0.2) is 27.5 Å². The minimum Gasteiger partial charge on any atom is -0.366 e. The Kier molecular flexibility index (Phi) is 5.50. The highest BCUT2D eigenvalue weighted by molar-refractivity contribution is 6.04. The van der Waals surface area contributed by atoms with Crippen LogP contribution in [0, 0.1) is 0 Å². The highest BCUT2D eigenvalue weighted by atomic mass is 16.2. The van der Waals surface area contributed by atoms with Crippen LogP contribution in [-0.2, 0) is 18.3 Å². The average Bonchev–Trinajstić information content (AvgIpc) is 3.03. The number of hydrogen-bond acceptors (Lipinski definition) is 4. The number of rotatable bonds is 6. The smallest absolute Gasteiger partial charge is 0.276 e. The van der Waals surface area contributed by atoms with E-state index in [0.717, 1.165) is 5.56 Å². The number of hydrogen-bond donors (Lipinski definition) is 3. The lowest BCUT2D eigenvalue weighted by Gasteiger charge is -2.04. The van der Waals surface area contributed by atoms with Gasteiger partial charge in [0.15, 0.2) is 5.69 Å². The fraction of sp³-hybridized carbons (Fsp3) is 0.100. The summed E-state index contributed by atoms with van der Waals surface area (Å²) in [6.07, 6.45) is 0.222. The SMILES string of the molecule is Cn1nc(C(=O)Nc2ccc(C(N)=O)cc2)cc1NC(=O)Cc1ccccc1. The van der Waals surface area contributed by atoms with E-state index < -0.39 is 11.8 Å². The number of carbonyl (C=O) groups excluding carboxylic acids is 3. The van der Waals surface area contributed by atoms with E-state index in [-0.39, 0.29) is 18.0 Å². The first-order chi connectivity index (χ1) is 13.4. The largest absolute Gasteiger partial charge is 0.366 e. The molecule has 142 valence electrons. The Morgan fingerprint density at radius 2 is 1.68 bits per heavy atom. The molecule has 0 atom stereocenters. The van der Waals surface area contributed by atoms with E-state index in [0.29, 0.717) is 17.1 Å². The van der Waals surface area contributed by atoms with E-state index >= 15 is 0 Å². The molecular formula is C20H19N5O3. The topological polar surface area (TPSA) is 119 Å². The maximum absolute atomic E-state index is 12.4. The summed E-state index contributed by atoms with van der Waals surface area (Å²) in [5.74, 6) is -0.775. The van der Waals surface area contributed by atoms with Crippen molar-refractivity contribution in [2.45, 2.75) is 6.42 Å². The van der Waals surface area contributed by atoms with Crippen LogP contribution in [0.5, 0.6) is 0 Å². The third-order valence-corrected chi connectivity index (χ3v) is 4.01. The molecule has 3 amide bonds. The maximum Gasteiger partial charge on any atom is 0.276 e. The van der Waals surface area contributed by atoms with E-state index in [1.54, 1.807) is 19.2 Å². The van der Waals surface area contributed by atoms with Crippen molar-refractivity contribution in [3.8, 4) is 0 Å². The first kappa shape index (κ1) is 18.8. The molecule has 28 heavy (non-hydrogen) atoms. The van der Waals surface area contributed by atoms with Gasteiger partial charge in [-0.3, -0.25) is 19.1 Å². The van der Waals surface area contributed by atoms with Crippen molar-refractivity contribution in [2.75, 3.05) is 10.6 Å². The van der Waals surface area contributed by atoms with Crippen molar-refractivity contribution in [3.63, 3.8) is 0 Å². The third-order valence-electron chi connectivity index (χ3n) is 4.01. The number of nitrogens with one attached hydrogen (secondary N) is 2. The van der Waals surface area contributed by atoms with Crippen molar-refractivity contribution in [1.82, 2.24) is 9.78 Å². The Morgan fingerprint density at radius 3 is 2.32 bits per heavy atom. The van der Waals surface area contributed by atoms with Crippen LogP contribution in [0.25, 0.3) is 0 Å². The summed E-state index contributed by atoms with van der Waals surface area (Å²) in [5, 5.41) is 9.55. The number of aryl methyl sites for hydroxylation is 1. The molecule has 3 rings (SSSR count). The number of carbonyl (C=O) groups is 3. The summed E-state index contributed by atoms with van der Waals surface area (Å²) in [5.41, 5.74) is 7.07. The molecule has 0 spiro atoms. The Balaban J connectivity index is 1.64. The highest BCUT2D eigenvalue weighted by Gasteiger charge is 2.15. The zero-order chi connectivity index (χ0) is 20.1. The lowest BCUT2D eigenvalue weighted by atomic mass is 10.1. The first-order valence-electron chi connectivity index (χ1n) is 8.51. The predicted molar refractivity (Wildman–Crippen MR) is 105 cm³/mol. The Bertz CT molecular complexity index is 1010. The van der Waals surface area contributed by atoms with Crippen molar-refractivity contribution >= 4 is 29.2 Å². The second kappa shape index (κ2) is 8.17. The lowest BCUT2D eigenvalue weighted by Crippen LogP contribution is -2.16. The second-order valence-electron chi connectivity index (χ2n) is 6.14. The van der Waals surface area contributed by atoms with Crippen LogP contribution in [0.1, 0.15) is 26.4 Å². The van der Waals surface area contributed by atoms with E-state index in [9.17, 15) is 14.4 Å². The number of benzene rings is 2. The van der Waals surface area contributed by atoms with Gasteiger partial charge in [0.2, 0.25) is 11.8 Å². The molecule has 3 aromatic rings. The number of amides is 3. The summed E-state index contributed by atoms with van der Waals surface area (Å²) in [7, 11) is 1.64. The molecule has 8 heteroatoms. The minimum atomic E-state index is -0.543. The molecular weight excluding hydrogens is 358 g/mol. The summed E-state index contributed by atoms with van der Waals surface area (Å²) in [6.45, 7) is 0. The Hall–Kier alpha value is -3.94. The standard InChI is InChI=1S/C20H19N5O3/c1-25-17(23-18(26)11-13-5-3-2-4-6-13)12-16(24-25)20(28)22-15-9-7-14(8-10-15)19(21)27/h2-10,12H,11H2,1H3,(H2,21,27)(H,22,28)(H,23,26). The van der Waals surface area contributed by atoms with E-state index in [1.165, 1.54) is 22.9 Å². The molecule has 0 fully saturated rings. The quantitative estimate of drug-likeness (QED) is 0.608. The minimum absolute atomic E-state index is 0.150. The molecule has 0 saturated carbocycles. The number of aromatic nitrogens is 2. The van der Waals surface area contributed by atoms with Gasteiger partial charge in [-0.05, 0) is 29.8 Å². The Labute approximate surface area is 161 Å². The highest BCUT2D eigenvalue weighted by Crippen LogP contribution is 2.14. The first-order valence-corrected chi connectivity index (χ1v) is 8.51. The predicted octanol–water partition coefficient (Wildman–Crippen LogP) is 1.95. The van der Waals surface area contributed by atoms with Crippen LogP contribution in [0.2, 0.25) is 0 Å². The monoisotopic (exact) mass is 377 g/mol. The fourth-order valence-corrected chi connectivity index (χ4v) is 2.58. The normalized spacial score (nSPS) is 10.3. The summed E-state index contributed by atoms with van der Waals surface area (Å²) in [4.78, 5) is 35.7. The van der Waals surface area contributed by atoms with Crippen molar-refractivity contribution in [1.29, 1.82) is 0 Å². The number of anilines is 2. The fourth-order valence-electron chi connectivity index (χ4n) is 2.58. The van der Waals surface area contributed by atoms with Crippen molar-refractivity contribution < 1.29 is 14.4 Å². The van der Waals surface area contributed by atoms with Crippen LogP contribution in [0.4, 0.5) is 11.5 Å². The molecule has 0 aliphatic carbocycles. The van der Waals surface area contributed by atoms with Crippen LogP contribution < -0.4 is 16.4 Å². The number of nitrogens with two attached hydrogens (primary N) is 1. The van der Waals surface area contributed by atoms with E-state index in [2.05, 4.69) is 15.7 Å². The zero-order valence-electron chi connectivity index (χ0n) is 15.2. The molecule has 0 radical (unpaired) electrons. The van der Waals surface area contributed by atoms with Crippen molar-refractivity contribution in [3.05, 3.63) is 77.5 Å². The molecule has 1 heterocycles. The molecule has 0 aliphatic heterocycles. The van der Waals surface area contributed by atoms with Gasteiger partial charge < -0.3 is 16.4 Å². The van der Waals surface area contributed by atoms with Crippen LogP contribution in [0.3, 0.4) is 0 Å². The van der Waals surface area contributed by atoms with Crippen LogP contribution in [0.15, 0.2) is 60.7 Å². The van der Waals surface area contributed by atoms with Gasteiger partial charge in [0.1, 0.15) is 5.82 Å². The molecule has 0 bridgehead atoms. The summed E-state index contributed by atoms with van der Waals surface area (Å²) < 4.78 is 1.42. The molecule has 0 unspecified atom stereocenters. The van der Waals surface area contributed by atoms with E-state index in [4.69, 9.17) is 5.73 Å².